The molecule has 3 rings (SSSR count). The van der Waals surface area contributed by atoms with E-state index in [9.17, 15) is 43.9 Å². The van der Waals surface area contributed by atoms with Gasteiger partial charge in [0.25, 0.3) is 0 Å². The Morgan fingerprint density at radius 2 is 1.57 bits per heavy atom. The lowest BCUT2D eigenvalue weighted by Gasteiger charge is -2.39. The van der Waals surface area contributed by atoms with E-state index in [0.29, 0.717) is 18.3 Å². The highest BCUT2D eigenvalue weighted by Crippen LogP contribution is 2.41. The Bertz CT molecular complexity index is 1190. The summed E-state index contributed by atoms with van der Waals surface area (Å²) in [5, 5.41) is 0. The van der Waals surface area contributed by atoms with Crippen LogP contribution >= 0.6 is 0 Å². The van der Waals surface area contributed by atoms with Crippen LogP contribution in [0.1, 0.15) is 45.2 Å². The molecular weight excluding hydrogens is 505 g/mol. The Hall–Kier alpha value is -2.70. The highest BCUT2D eigenvalue weighted by Gasteiger charge is 2.47. The number of rotatable bonds is 4. The summed E-state index contributed by atoms with van der Waals surface area (Å²) < 4.78 is 116. The number of carbonyl (C=O) groups excluding carboxylic acids is 1. The van der Waals surface area contributed by atoms with Gasteiger partial charge in [-0.15, -0.1) is 0 Å². The summed E-state index contributed by atoms with van der Waals surface area (Å²) in [5.41, 5.74) is -2.46. The van der Waals surface area contributed by atoms with E-state index in [4.69, 9.17) is 0 Å². The summed E-state index contributed by atoms with van der Waals surface area (Å²) in [6, 6.07) is 2.82. The number of nitrogens with zero attached hydrogens (tertiary/aromatic N) is 2. The summed E-state index contributed by atoms with van der Waals surface area (Å²) >= 11 is 0. The van der Waals surface area contributed by atoms with Crippen molar-refractivity contribution in [2.24, 2.45) is 5.92 Å². The summed E-state index contributed by atoms with van der Waals surface area (Å²) in [6.45, 7) is 2.41. The molecule has 1 aromatic carbocycles. The van der Waals surface area contributed by atoms with Crippen LogP contribution in [0.3, 0.4) is 0 Å². The molecule has 35 heavy (non-hydrogen) atoms. The quantitative estimate of drug-likeness (QED) is 0.465. The normalized spacial score (nSPS) is 17.8. The van der Waals surface area contributed by atoms with Gasteiger partial charge in [-0.05, 0) is 56.5 Å². The molecule has 0 radical (unpaired) electrons. The van der Waals surface area contributed by atoms with Gasteiger partial charge in [0, 0.05) is 19.2 Å². The summed E-state index contributed by atoms with van der Waals surface area (Å²) in [5.74, 6) is -2.88. The summed E-state index contributed by atoms with van der Waals surface area (Å²) in [7, 11) is -4.52. The zero-order valence-corrected chi connectivity index (χ0v) is 18.7. The molecular formula is C22H23F7N2O3S. The van der Waals surface area contributed by atoms with Crippen LogP contribution in [0, 0.1) is 11.7 Å². The molecule has 0 N–H and O–H groups in total. The maximum absolute atomic E-state index is 13.8. The van der Waals surface area contributed by atoms with Crippen molar-refractivity contribution in [1.82, 2.24) is 4.98 Å². The summed E-state index contributed by atoms with van der Waals surface area (Å²) in [4.78, 5) is 16.6. The van der Waals surface area contributed by atoms with Gasteiger partial charge in [-0.1, -0.05) is 7.43 Å². The topological polar surface area (TPSA) is 67.3 Å². The second-order valence-electron chi connectivity index (χ2n) is 8.42. The van der Waals surface area contributed by atoms with Crippen LogP contribution in [-0.2, 0) is 27.0 Å². The standard InChI is InChI=1S/C21H19F7N2O3S.CH4/c1-19(2,34(32,33)16-8-14(21(26,27)28)7-15(22)10-16)12-5-6-30(18(31)9-12)17-4-3-13(11-29-17)20(23,24)25;/h3-4,7-8,10-12H,5-6,9H2,1-2H3;1H4/t12-;/m0./s1. The largest absolute Gasteiger partial charge is 0.417 e. The molecule has 194 valence electrons. The van der Waals surface area contributed by atoms with E-state index < -0.39 is 60.6 Å². The maximum Gasteiger partial charge on any atom is 0.417 e. The molecule has 13 heteroatoms. The second-order valence-corrected chi connectivity index (χ2v) is 10.9. The number of amides is 1. The Labute approximate surface area is 197 Å². The first-order valence-corrected chi connectivity index (χ1v) is 11.4. The van der Waals surface area contributed by atoms with E-state index in [1.807, 2.05) is 0 Å². The van der Waals surface area contributed by atoms with Crippen LogP contribution in [0.25, 0.3) is 0 Å². The number of benzene rings is 1. The molecule has 1 fully saturated rings. The van der Waals surface area contributed by atoms with Gasteiger partial charge < -0.3 is 0 Å². The monoisotopic (exact) mass is 528 g/mol. The van der Waals surface area contributed by atoms with E-state index in [1.54, 1.807) is 0 Å². The fourth-order valence-electron chi connectivity index (χ4n) is 3.79. The van der Waals surface area contributed by atoms with Gasteiger partial charge in [-0.25, -0.2) is 17.8 Å². The lowest BCUT2D eigenvalue weighted by molar-refractivity contribution is -0.138. The van der Waals surface area contributed by atoms with Crippen molar-refractivity contribution in [3.8, 4) is 0 Å². The number of hydrogen-bond acceptors (Lipinski definition) is 4. The van der Waals surface area contributed by atoms with Crippen molar-refractivity contribution in [1.29, 1.82) is 0 Å². The maximum atomic E-state index is 13.8. The molecule has 2 aromatic rings. The van der Waals surface area contributed by atoms with Crippen LogP contribution in [-0.4, -0.2) is 30.6 Å². The molecule has 1 amide bonds. The first-order chi connectivity index (χ1) is 15.4. The Balaban J connectivity index is 0.00000432. The molecule has 1 aliphatic rings. The molecule has 1 atom stereocenters. The number of hydrogen-bond donors (Lipinski definition) is 0. The Kier molecular flexibility index (Phi) is 7.66. The van der Waals surface area contributed by atoms with Crippen LogP contribution in [0.4, 0.5) is 36.6 Å². The van der Waals surface area contributed by atoms with Gasteiger partial charge in [-0.3, -0.25) is 9.69 Å². The van der Waals surface area contributed by atoms with E-state index in [0.717, 1.165) is 17.0 Å². The van der Waals surface area contributed by atoms with Gasteiger partial charge in [0.2, 0.25) is 5.91 Å². The van der Waals surface area contributed by atoms with Crippen molar-refractivity contribution in [2.75, 3.05) is 11.4 Å². The molecule has 0 aliphatic carbocycles. The van der Waals surface area contributed by atoms with Crippen molar-refractivity contribution in [3.05, 3.63) is 53.5 Å². The predicted octanol–water partition coefficient (Wildman–Crippen LogP) is 5.89. The van der Waals surface area contributed by atoms with E-state index in [-0.39, 0.29) is 38.7 Å². The number of alkyl halides is 6. The molecule has 1 aliphatic heterocycles. The van der Waals surface area contributed by atoms with Gasteiger partial charge in [0.15, 0.2) is 9.84 Å². The van der Waals surface area contributed by atoms with Crippen molar-refractivity contribution >= 4 is 21.6 Å². The minimum atomic E-state index is -4.97. The molecule has 1 saturated heterocycles. The number of piperidine rings is 1. The smallest absolute Gasteiger partial charge is 0.297 e. The van der Waals surface area contributed by atoms with E-state index in [2.05, 4.69) is 4.98 Å². The van der Waals surface area contributed by atoms with Crippen molar-refractivity contribution < 1.29 is 43.9 Å². The van der Waals surface area contributed by atoms with Gasteiger partial charge >= 0.3 is 12.4 Å². The average Bonchev–Trinajstić information content (AvgIpc) is 2.72. The molecule has 1 aromatic heterocycles. The van der Waals surface area contributed by atoms with Crippen LogP contribution in [0.15, 0.2) is 41.4 Å². The van der Waals surface area contributed by atoms with Crippen LogP contribution in [0.2, 0.25) is 0 Å². The highest BCUT2D eigenvalue weighted by atomic mass is 32.2. The summed E-state index contributed by atoms with van der Waals surface area (Å²) in [6.07, 6.45) is -9.28. The highest BCUT2D eigenvalue weighted by molar-refractivity contribution is 7.92. The third kappa shape index (κ3) is 5.60. The van der Waals surface area contributed by atoms with Crippen molar-refractivity contribution in [2.45, 2.75) is 56.1 Å². The average molecular weight is 528 g/mol. The zero-order valence-electron chi connectivity index (χ0n) is 17.8. The first kappa shape index (κ1) is 28.5. The zero-order chi connectivity index (χ0) is 25.7. The third-order valence-electron chi connectivity index (χ3n) is 5.96. The fourth-order valence-corrected chi connectivity index (χ4v) is 5.58. The van der Waals surface area contributed by atoms with Crippen molar-refractivity contribution in [3.63, 3.8) is 0 Å². The predicted molar refractivity (Wildman–Crippen MR) is 114 cm³/mol. The molecule has 0 bridgehead atoms. The number of anilines is 1. The fraction of sp³-hybridized carbons (Fsp3) is 0.455. The van der Waals surface area contributed by atoms with Gasteiger partial charge in [0.05, 0.1) is 20.8 Å². The van der Waals surface area contributed by atoms with Gasteiger partial charge in [-0.2, -0.15) is 26.3 Å². The lowest BCUT2D eigenvalue weighted by Crippen LogP contribution is -2.49. The number of aromatic nitrogens is 1. The number of sulfone groups is 1. The molecule has 5 nitrogen and oxygen atoms in total. The number of pyridine rings is 1. The molecule has 0 unspecified atom stereocenters. The lowest BCUT2D eigenvalue weighted by atomic mass is 9.85. The van der Waals surface area contributed by atoms with E-state index >= 15 is 0 Å². The minimum absolute atomic E-state index is 0. The number of carbonyl (C=O) groups is 1. The number of halogens is 7. The van der Waals surface area contributed by atoms with Gasteiger partial charge in [0.1, 0.15) is 11.6 Å². The SMILES string of the molecule is C.CC(C)([C@H]1CCN(c2ccc(C(F)(F)F)cn2)C(=O)C1)S(=O)(=O)c1cc(F)cc(C(F)(F)F)c1. The van der Waals surface area contributed by atoms with E-state index in [1.165, 1.54) is 13.8 Å². The minimum Gasteiger partial charge on any atom is -0.297 e. The molecule has 2 heterocycles. The third-order valence-corrected chi connectivity index (χ3v) is 8.53. The molecule has 0 saturated carbocycles. The Morgan fingerprint density at radius 1 is 0.971 bits per heavy atom. The van der Waals surface area contributed by atoms with Crippen LogP contribution < -0.4 is 4.90 Å². The second kappa shape index (κ2) is 9.40. The van der Waals surface area contributed by atoms with Crippen LogP contribution in [0.5, 0.6) is 0 Å². The first-order valence-electron chi connectivity index (χ1n) is 9.90. The molecule has 0 spiro atoms. The Morgan fingerprint density at radius 3 is 2.06 bits per heavy atom.